The Labute approximate surface area is 193 Å². The molecule has 33 heavy (non-hydrogen) atoms. The van der Waals surface area contributed by atoms with Crippen LogP contribution < -0.4 is 5.32 Å². The van der Waals surface area contributed by atoms with Crippen molar-refractivity contribution < 1.29 is 9.72 Å². The lowest BCUT2D eigenvalue weighted by Crippen LogP contribution is -2.39. The number of carbonyl (C=O) groups excluding carboxylic acids is 1. The zero-order chi connectivity index (χ0) is 23.2. The van der Waals surface area contributed by atoms with Crippen LogP contribution in [0.2, 0.25) is 0 Å². The molecule has 1 saturated heterocycles. The maximum atomic E-state index is 13.1. The molecule has 0 spiro atoms. The van der Waals surface area contributed by atoms with E-state index in [1.165, 1.54) is 31.4 Å². The molecule has 3 aromatic rings. The molecule has 1 fully saturated rings. The van der Waals surface area contributed by atoms with Crippen LogP contribution in [0.25, 0.3) is 16.9 Å². The van der Waals surface area contributed by atoms with E-state index in [0.29, 0.717) is 29.7 Å². The van der Waals surface area contributed by atoms with Gasteiger partial charge in [-0.25, -0.2) is 4.68 Å². The quantitative estimate of drug-likeness (QED) is 0.313. The third-order valence-electron chi connectivity index (χ3n) is 6.16. The maximum absolute atomic E-state index is 13.1. The van der Waals surface area contributed by atoms with Gasteiger partial charge in [-0.2, -0.15) is 5.10 Å². The normalized spacial score (nSPS) is 16.5. The number of nitro benzene ring substituents is 1. The largest absolute Gasteiger partial charge is 0.351 e. The van der Waals surface area contributed by atoms with Crippen molar-refractivity contribution in [3.05, 3.63) is 76.5 Å². The summed E-state index contributed by atoms with van der Waals surface area (Å²) in [7, 11) is 0. The minimum Gasteiger partial charge on any atom is -0.351 e. The SMILES string of the molecule is CC1CCCCN1CCCNC(=O)c1cc(-c2ccccc2)nn1-c1ccc([N+](=O)[O-])cc1. The predicted molar refractivity (Wildman–Crippen MR) is 127 cm³/mol. The number of likely N-dealkylation sites (tertiary alicyclic amines) is 1. The molecule has 1 aliphatic rings. The molecule has 172 valence electrons. The lowest BCUT2D eigenvalue weighted by molar-refractivity contribution is -0.384. The van der Waals surface area contributed by atoms with E-state index in [4.69, 9.17) is 0 Å². The molecular weight excluding hydrogens is 418 g/mol. The molecule has 8 nitrogen and oxygen atoms in total. The van der Waals surface area contributed by atoms with Gasteiger partial charge in [-0.1, -0.05) is 36.8 Å². The zero-order valence-electron chi connectivity index (χ0n) is 18.8. The number of hydrogen-bond donors (Lipinski definition) is 1. The van der Waals surface area contributed by atoms with Crippen molar-refractivity contribution in [3.8, 4) is 16.9 Å². The minimum absolute atomic E-state index is 0.00729. The van der Waals surface area contributed by atoms with Crippen LogP contribution in [0.15, 0.2) is 60.7 Å². The van der Waals surface area contributed by atoms with Gasteiger partial charge in [0.25, 0.3) is 11.6 Å². The standard InChI is InChI=1S/C25H29N5O3/c1-19-8-5-6-16-28(19)17-7-15-26-25(31)24-18-23(20-9-3-2-4-10-20)27-29(24)21-11-13-22(14-12-21)30(32)33/h2-4,9-14,18-19H,5-8,15-17H2,1H3,(H,26,31). The van der Waals surface area contributed by atoms with Crippen LogP contribution in [-0.2, 0) is 0 Å². The summed E-state index contributed by atoms with van der Waals surface area (Å²) in [6.45, 7) is 4.95. The number of amides is 1. The summed E-state index contributed by atoms with van der Waals surface area (Å²) in [6.07, 6.45) is 4.66. The summed E-state index contributed by atoms with van der Waals surface area (Å²) in [5.74, 6) is -0.213. The Kier molecular flexibility index (Phi) is 7.14. The van der Waals surface area contributed by atoms with Gasteiger partial charge in [-0.05, 0) is 50.9 Å². The Bertz CT molecular complexity index is 1090. The second-order valence-electron chi connectivity index (χ2n) is 8.46. The first-order chi connectivity index (χ1) is 16.0. The molecule has 1 aliphatic heterocycles. The molecule has 8 heteroatoms. The van der Waals surface area contributed by atoms with Gasteiger partial charge in [0.05, 0.1) is 16.3 Å². The number of nitrogens with zero attached hydrogens (tertiary/aromatic N) is 4. The van der Waals surface area contributed by atoms with E-state index in [1.54, 1.807) is 22.9 Å². The van der Waals surface area contributed by atoms with Crippen LogP contribution in [0, 0.1) is 10.1 Å². The number of non-ortho nitro benzene ring substituents is 1. The first-order valence-corrected chi connectivity index (χ1v) is 11.5. The predicted octanol–water partition coefficient (Wildman–Crippen LogP) is 4.44. The highest BCUT2D eigenvalue weighted by Gasteiger charge is 2.20. The topological polar surface area (TPSA) is 93.3 Å². The third kappa shape index (κ3) is 5.46. The molecule has 1 atom stereocenters. The second kappa shape index (κ2) is 10.4. The smallest absolute Gasteiger partial charge is 0.270 e. The maximum Gasteiger partial charge on any atom is 0.270 e. The van der Waals surface area contributed by atoms with E-state index in [1.807, 2.05) is 30.3 Å². The van der Waals surface area contributed by atoms with Gasteiger partial charge in [0.1, 0.15) is 5.69 Å². The van der Waals surface area contributed by atoms with E-state index in [2.05, 4.69) is 22.2 Å². The van der Waals surface area contributed by atoms with Crippen molar-refractivity contribution in [2.75, 3.05) is 19.6 Å². The number of benzene rings is 2. The highest BCUT2D eigenvalue weighted by Crippen LogP contribution is 2.23. The van der Waals surface area contributed by atoms with Gasteiger partial charge in [0, 0.05) is 36.8 Å². The van der Waals surface area contributed by atoms with Crippen LogP contribution in [0.3, 0.4) is 0 Å². The van der Waals surface area contributed by atoms with Crippen LogP contribution >= 0.6 is 0 Å². The minimum atomic E-state index is -0.445. The summed E-state index contributed by atoms with van der Waals surface area (Å²) < 4.78 is 1.55. The molecule has 0 saturated carbocycles. The highest BCUT2D eigenvalue weighted by molar-refractivity contribution is 5.94. The first-order valence-electron chi connectivity index (χ1n) is 11.5. The van der Waals surface area contributed by atoms with Gasteiger partial charge < -0.3 is 10.2 Å². The fraction of sp³-hybridized carbons (Fsp3) is 0.360. The van der Waals surface area contributed by atoms with Crippen molar-refractivity contribution in [2.24, 2.45) is 0 Å². The number of rotatable bonds is 8. The Balaban J connectivity index is 1.50. The summed E-state index contributed by atoms with van der Waals surface area (Å²) in [4.78, 5) is 26.1. The van der Waals surface area contributed by atoms with Gasteiger partial charge in [-0.3, -0.25) is 14.9 Å². The molecule has 4 rings (SSSR count). The fourth-order valence-corrected chi connectivity index (χ4v) is 4.27. The molecule has 0 bridgehead atoms. The molecule has 2 heterocycles. The summed E-state index contributed by atoms with van der Waals surface area (Å²) in [5, 5.41) is 18.7. The molecule has 0 radical (unpaired) electrons. The van der Waals surface area contributed by atoms with Crippen molar-refractivity contribution in [3.63, 3.8) is 0 Å². The van der Waals surface area contributed by atoms with Crippen molar-refractivity contribution in [1.82, 2.24) is 20.0 Å². The van der Waals surface area contributed by atoms with E-state index >= 15 is 0 Å². The zero-order valence-corrected chi connectivity index (χ0v) is 18.8. The number of carbonyl (C=O) groups is 1. The number of aromatic nitrogens is 2. The lowest BCUT2D eigenvalue weighted by atomic mass is 10.0. The Hall–Kier alpha value is -3.52. The number of hydrogen-bond acceptors (Lipinski definition) is 5. The lowest BCUT2D eigenvalue weighted by Gasteiger charge is -2.33. The Morgan fingerprint density at radius 3 is 2.61 bits per heavy atom. The van der Waals surface area contributed by atoms with Gasteiger partial charge >= 0.3 is 0 Å². The van der Waals surface area contributed by atoms with Crippen molar-refractivity contribution in [2.45, 2.75) is 38.6 Å². The number of nitrogens with one attached hydrogen (secondary N) is 1. The van der Waals surface area contributed by atoms with Crippen LogP contribution in [0.5, 0.6) is 0 Å². The average molecular weight is 448 g/mol. The first kappa shape index (κ1) is 22.7. The number of nitro groups is 1. The molecule has 1 unspecified atom stereocenters. The summed E-state index contributed by atoms with van der Waals surface area (Å²) in [6, 6.07) is 18.0. The van der Waals surface area contributed by atoms with Crippen LogP contribution in [0.4, 0.5) is 5.69 Å². The van der Waals surface area contributed by atoms with E-state index in [9.17, 15) is 14.9 Å². The van der Waals surface area contributed by atoms with Gasteiger partial charge in [-0.15, -0.1) is 0 Å². The summed E-state index contributed by atoms with van der Waals surface area (Å²) >= 11 is 0. The van der Waals surface area contributed by atoms with Crippen molar-refractivity contribution in [1.29, 1.82) is 0 Å². The Morgan fingerprint density at radius 1 is 1.15 bits per heavy atom. The molecule has 1 amide bonds. The molecule has 1 N–H and O–H groups in total. The van der Waals surface area contributed by atoms with Gasteiger partial charge in [0.15, 0.2) is 0 Å². The average Bonchev–Trinajstić information content (AvgIpc) is 3.29. The monoisotopic (exact) mass is 447 g/mol. The highest BCUT2D eigenvalue weighted by atomic mass is 16.6. The molecule has 1 aromatic heterocycles. The molecule has 0 aliphatic carbocycles. The second-order valence-corrected chi connectivity index (χ2v) is 8.46. The van der Waals surface area contributed by atoms with Crippen molar-refractivity contribution >= 4 is 11.6 Å². The van der Waals surface area contributed by atoms with Gasteiger partial charge in [0.2, 0.25) is 0 Å². The fourth-order valence-electron chi connectivity index (χ4n) is 4.27. The Morgan fingerprint density at radius 2 is 1.91 bits per heavy atom. The molecule has 2 aromatic carbocycles. The summed E-state index contributed by atoms with van der Waals surface area (Å²) in [5.41, 5.74) is 2.55. The van der Waals surface area contributed by atoms with E-state index in [0.717, 1.165) is 25.1 Å². The third-order valence-corrected chi connectivity index (χ3v) is 6.16. The van der Waals surface area contributed by atoms with Crippen LogP contribution in [-0.4, -0.2) is 51.2 Å². The van der Waals surface area contributed by atoms with E-state index in [-0.39, 0.29) is 11.6 Å². The van der Waals surface area contributed by atoms with E-state index < -0.39 is 4.92 Å². The number of piperidine rings is 1. The molecular formula is C25H29N5O3. The van der Waals surface area contributed by atoms with Crippen LogP contribution in [0.1, 0.15) is 43.1 Å².